The van der Waals surface area contributed by atoms with E-state index in [4.69, 9.17) is 10.7 Å². The zero-order valence-electron chi connectivity index (χ0n) is 14.2. The fourth-order valence-electron chi connectivity index (χ4n) is 3.38. The Hall–Kier alpha value is -1.98. The molecule has 2 N–H and O–H groups in total. The van der Waals surface area contributed by atoms with Gasteiger partial charge in [0.25, 0.3) is 0 Å². The highest BCUT2D eigenvalue weighted by Gasteiger charge is 2.26. The smallest absolute Gasteiger partial charge is 0.161 e. The number of nitrogen functional groups attached to an aromatic ring is 1. The zero-order chi connectivity index (χ0) is 16.4. The van der Waals surface area contributed by atoms with Gasteiger partial charge >= 0.3 is 0 Å². The van der Waals surface area contributed by atoms with Crippen molar-refractivity contribution in [2.75, 3.05) is 26.4 Å². The highest BCUT2D eigenvalue weighted by Crippen LogP contribution is 2.27. The van der Waals surface area contributed by atoms with Gasteiger partial charge in [0.05, 0.1) is 11.9 Å². The van der Waals surface area contributed by atoms with E-state index in [1.165, 1.54) is 0 Å². The van der Waals surface area contributed by atoms with Crippen LogP contribution in [0.15, 0.2) is 30.3 Å². The quantitative estimate of drug-likeness (QED) is 0.939. The maximum absolute atomic E-state index is 6.27. The van der Waals surface area contributed by atoms with Crippen LogP contribution >= 0.6 is 0 Å². The van der Waals surface area contributed by atoms with Crippen molar-refractivity contribution in [2.45, 2.75) is 32.5 Å². The summed E-state index contributed by atoms with van der Waals surface area (Å²) in [5.74, 6) is 1.35. The van der Waals surface area contributed by atoms with Gasteiger partial charge in [0.1, 0.15) is 5.82 Å². The van der Waals surface area contributed by atoms with Crippen LogP contribution in [-0.4, -0.2) is 46.6 Å². The lowest BCUT2D eigenvalue weighted by atomic mass is 10.0. The molecule has 2 aromatic rings. The summed E-state index contributed by atoms with van der Waals surface area (Å²) >= 11 is 0. The first-order valence-corrected chi connectivity index (χ1v) is 8.21. The van der Waals surface area contributed by atoms with Gasteiger partial charge in [-0.2, -0.15) is 0 Å². The second kappa shape index (κ2) is 6.64. The van der Waals surface area contributed by atoms with Crippen LogP contribution in [0.2, 0.25) is 0 Å². The molecule has 0 fully saturated rings. The summed E-state index contributed by atoms with van der Waals surface area (Å²) in [4.78, 5) is 14.1. The van der Waals surface area contributed by atoms with E-state index in [1.54, 1.807) is 0 Å². The standard InChI is InChI=1S/C18H25N5/c1-4-16(22(2)3)23-11-10-15-14(12-23)17(19)21-18(20-15)13-8-6-5-7-9-13/h5-9,16H,4,10-12H2,1-3H3,(H2,19,20,21)/t16-/m0/s1. The molecule has 1 aromatic carbocycles. The summed E-state index contributed by atoms with van der Waals surface area (Å²) in [6.45, 7) is 4.06. The highest BCUT2D eigenvalue weighted by atomic mass is 15.3. The Kier molecular flexibility index (Phi) is 4.59. The summed E-state index contributed by atoms with van der Waals surface area (Å²) in [6, 6.07) is 10.0. The SMILES string of the molecule is CC[C@@H](N(C)C)N1CCc2nc(-c3ccccc3)nc(N)c2C1. The second-order valence-electron chi connectivity index (χ2n) is 6.30. The molecule has 0 unspecified atom stereocenters. The van der Waals surface area contributed by atoms with Crippen LogP contribution in [0.25, 0.3) is 11.4 Å². The number of anilines is 1. The van der Waals surface area contributed by atoms with Gasteiger partial charge in [0.2, 0.25) is 0 Å². The van der Waals surface area contributed by atoms with Gasteiger partial charge in [-0.05, 0) is 20.5 Å². The van der Waals surface area contributed by atoms with E-state index in [2.05, 4.69) is 35.8 Å². The van der Waals surface area contributed by atoms with Crippen LogP contribution in [0.3, 0.4) is 0 Å². The second-order valence-corrected chi connectivity index (χ2v) is 6.30. The molecule has 0 saturated carbocycles. The molecule has 1 aliphatic rings. The molecule has 23 heavy (non-hydrogen) atoms. The molecule has 5 heteroatoms. The van der Waals surface area contributed by atoms with Gasteiger partial charge in [0.15, 0.2) is 5.82 Å². The van der Waals surface area contributed by atoms with Crippen molar-refractivity contribution in [3.05, 3.63) is 41.6 Å². The molecule has 0 bridgehead atoms. The number of hydrogen-bond donors (Lipinski definition) is 1. The Morgan fingerprint density at radius 1 is 1.22 bits per heavy atom. The third kappa shape index (κ3) is 3.21. The van der Waals surface area contributed by atoms with Crippen molar-refractivity contribution in [1.29, 1.82) is 0 Å². The number of fused-ring (bicyclic) bond motifs is 1. The predicted molar refractivity (Wildman–Crippen MR) is 93.8 cm³/mol. The van der Waals surface area contributed by atoms with Crippen molar-refractivity contribution in [3.8, 4) is 11.4 Å². The lowest BCUT2D eigenvalue weighted by Gasteiger charge is -2.38. The fraction of sp³-hybridized carbons (Fsp3) is 0.444. The molecule has 1 aliphatic heterocycles. The zero-order valence-corrected chi connectivity index (χ0v) is 14.2. The fourth-order valence-corrected chi connectivity index (χ4v) is 3.38. The normalized spacial score (nSPS) is 16.3. The van der Waals surface area contributed by atoms with Crippen molar-refractivity contribution in [1.82, 2.24) is 19.8 Å². The van der Waals surface area contributed by atoms with Crippen molar-refractivity contribution >= 4 is 5.82 Å². The summed E-state index contributed by atoms with van der Waals surface area (Å²) in [5, 5.41) is 0. The molecule has 5 nitrogen and oxygen atoms in total. The first-order valence-electron chi connectivity index (χ1n) is 8.21. The third-order valence-electron chi connectivity index (χ3n) is 4.54. The van der Waals surface area contributed by atoms with E-state index in [0.717, 1.165) is 48.6 Å². The van der Waals surface area contributed by atoms with Gasteiger partial charge in [0, 0.05) is 30.6 Å². The first-order chi connectivity index (χ1) is 11.1. The summed E-state index contributed by atoms with van der Waals surface area (Å²) in [7, 11) is 4.25. The predicted octanol–water partition coefficient (Wildman–Crippen LogP) is 2.38. The summed E-state index contributed by atoms with van der Waals surface area (Å²) in [5.41, 5.74) is 9.48. The first kappa shape index (κ1) is 15.9. The molecular formula is C18H25N5. The van der Waals surface area contributed by atoms with Crippen LogP contribution < -0.4 is 5.73 Å². The van der Waals surface area contributed by atoms with Gasteiger partial charge < -0.3 is 5.73 Å². The lowest BCUT2D eigenvalue weighted by molar-refractivity contribution is 0.0635. The summed E-state index contributed by atoms with van der Waals surface area (Å²) in [6.07, 6.45) is 2.44. The number of rotatable bonds is 4. The number of nitrogens with two attached hydrogens (primary N) is 1. The van der Waals surface area contributed by atoms with Gasteiger partial charge in [-0.3, -0.25) is 9.80 Å². The number of hydrogen-bond acceptors (Lipinski definition) is 5. The molecule has 0 radical (unpaired) electrons. The van der Waals surface area contributed by atoms with Crippen LogP contribution in [0.5, 0.6) is 0 Å². The van der Waals surface area contributed by atoms with Crippen LogP contribution in [-0.2, 0) is 13.0 Å². The highest BCUT2D eigenvalue weighted by molar-refractivity contribution is 5.59. The Bertz CT molecular complexity index is 669. The Morgan fingerprint density at radius 2 is 1.96 bits per heavy atom. The van der Waals surface area contributed by atoms with E-state index in [9.17, 15) is 0 Å². The average molecular weight is 311 g/mol. The molecule has 122 valence electrons. The van der Waals surface area contributed by atoms with E-state index in [1.807, 2.05) is 30.3 Å². The largest absolute Gasteiger partial charge is 0.383 e. The maximum Gasteiger partial charge on any atom is 0.161 e. The number of benzene rings is 1. The molecule has 2 heterocycles. The Balaban J connectivity index is 1.90. The van der Waals surface area contributed by atoms with Crippen LogP contribution in [0, 0.1) is 0 Å². The number of aromatic nitrogens is 2. The van der Waals surface area contributed by atoms with E-state index < -0.39 is 0 Å². The van der Waals surface area contributed by atoms with Gasteiger partial charge in [-0.25, -0.2) is 9.97 Å². The van der Waals surface area contributed by atoms with Crippen molar-refractivity contribution in [3.63, 3.8) is 0 Å². The van der Waals surface area contributed by atoms with Crippen molar-refractivity contribution in [2.24, 2.45) is 0 Å². The van der Waals surface area contributed by atoms with Crippen LogP contribution in [0.1, 0.15) is 24.6 Å². The van der Waals surface area contributed by atoms with Crippen molar-refractivity contribution < 1.29 is 0 Å². The van der Waals surface area contributed by atoms with Gasteiger partial charge in [-0.1, -0.05) is 37.3 Å². The lowest BCUT2D eigenvalue weighted by Crippen LogP contribution is -2.47. The average Bonchev–Trinajstić information content (AvgIpc) is 2.56. The third-order valence-corrected chi connectivity index (χ3v) is 4.54. The molecule has 0 aliphatic carbocycles. The molecule has 0 saturated heterocycles. The minimum atomic E-state index is 0.427. The van der Waals surface area contributed by atoms with E-state index in [0.29, 0.717) is 12.0 Å². The molecule has 0 amide bonds. The van der Waals surface area contributed by atoms with E-state index >= 15 is 0 Å². The number of nitrogens with zero attached hydrogens (tertiary/aromatic N) is 4. The monoisotopic (exact) mass is 311 g/mol. The molecule has 1 aromatic heterocycles. The molecule has 0 spiro atoms. The Morgan fingerprint density at radius 3 is 2.61 bits per heavy atom. The minimum Gasteiger partial charge on any atom is -0.383 e. The molecular weight excluding hydrogens is 286 g/mol. The molecule has 1 atom stereocenters. The van der Waals surface area contributed by atoms with Crippen LogP contribution in [0.4, 0.5) is 5.82 Å². The van der Waals surface area contributed by atoms with Gasteiger partial charge in [-0.15, -0.1) is 0 Å². The topological polar surface area (TPSA) is 58.3 Å². The molecule has 3 rings (SSSR count). The summed E-state index contributed by atoms with van der Waals surface area (Å²) < 4.78 is 0. The Labute approximate surface area is 138 Å². The minimum absolute atomic E-state index is 0.427. The maximum atomic E-state index is 6.27. The van der Waals surface area contributed by atoms with E-state index in [-0.39, 0.29) is 0 Å².